The third kappa shape index (κ3) is 6.96. The summed E-state index contributed by atoms with van der Waals surface area (Å²) < 4.78 is 107. The van der Waals surface area contributed by atoms with E-state index in [0.29, 0.717) is 5.69 Å². The highest BCUT2D eigenvalue weighted by Crippen LogP contribution is 2.51. The molecule has 0 saturated heterocycles. The molecule has 0 radical (unpaired) electrons. The number of hydrogen-bond acceptors (Lipinski definition) is 4. The molecule has 5 rings (SSSR count). The Morgan fingerprint density at radius 2 is 1.57 bits per heavy atom. The van der Waals surface area contributed by atoms with E-state index in [9.17, 15) is 44.7 Å². The van der Waals surface area contributed by atoms with E-state index in [1.165, 1.54) is 10.6 Å². The average Bonchev–Trinajstić information content (AvgIpc) is 3.80. The van der Waals surface area contributed by atoms with E-state index in [4.69, 9.17) is 0 Å². The Labute approximate surface area is 235 Å². The molecular formula is C27H31F8N5O2. The van der Waals surface area contributed by atoms with Gasteiger partial charge < -0.3 is 10.6 Å². The number of aromatic nitrogens is 3. The van der Waals surface area contributed by atoms with E-state index in [0.717, 1.165) is 19.8 Å². The summed E-state index contributed by atoms with van der Waals surface area (Å²) in [6, 6.07) is 0.0197. The van der Waals surface area contributed by atoms with E-state index in [1.807, 2.05) is 0 Å². The lowest BCUT2D eigenvalue weighted by molar-refractivity contribution is -0.174. The van der Waals surface area contributed by atoms with Crippen LogP contribution in [0.3, 0.4) is 0 Å². The van der Waals surface area contributed by atoms with Crippen molar-refractivity contribution in [1.82, 2.24) is 25.0 Å². The van der Waals surface area contributed by atoms with Gasteiger partial charge in [0.15, 0.2) is 0 Å². The molecule has 3 saturated carbocycles. The second kappa shape index (κ2) is 10.9. The number of carbonyl (C=O) groups is 2. The van der Waals surface area contributed by atoms with Gasteiger partial charge in [-0.2, -0.15) is 26.3 Å². The molecule has 0 spiro atoms. The van der Waals surface area contributed by atoms with Crippen LogP contribution in [-0.4, -0.2) is 44.5 Å². The summed E-state index contributed by atoms with van der Waals surface area (Å²) in [6.07, 6.45) is -6.30. The van der Waals surface area contributed by atoms with Gasteiger partial charge in [0.25, 0.3) is 0 Å². The number of carbonyl (C=O) groups excluding carboxylic acids is 2. The Hall–Kier alpha value is -3.00. The minimum atomic E-state index is -4.51. The quantitative estimate of drug-likeness (QED) is 0.338. The maximum Gasteiger partial charge on any atom is 0.392 e. The Balaban J connectivity index is 1.36. The van der Waals surface area contributed by atoms with E-state index in [1.54, 1.807) is 12.3 Å². The smallest absolute Gasteiger partial charge is 0.347 e. The fraction of sp³-hybridized carbons (Fsp3) is 0.704. The third-order valence-corrected chi connectivity index (χ3v) is 8.54. The van der Waals surface area contributed by atoms with Crippen molar-refractivity contribution in [3.63, 3.8) is 0 Å². The summed E-state index contributed by atoms with van der Waals surface area (Å²) in [5, 5.41) is 5.30. The van der Waals surface area contributed by atoms with Crippen LogP contribution in [-0.2, 0) is 9.59 Å². The number of imidazole rings is 1. The van der Waals surface area contributed by atoms with Gasteiger partial charge in [0.2, 0.25) is 23.5 Å². The van der Waals surface area contributed by atoms with Crippen LogP contribution in [0.25, 0.3) is 5.78 Å². The van der Waals surface area contributed by atoms with Gasteiger partial charge in [-0.15, -0.1) is 0 Å². The molecular weight excluding hydrogens is 578 g/mol. The van der Waals surface area contributed by atoms with Crippen LogP contribution < -0.4 is 10.6 Å². The molecule has 232 valence electrons. The topological polar surface area (TPSA) is 88.4 Å². The van der Waals surface area contributed by atoms with Gasteiger partial charge >= 0.3 is 12.4 Å². The fourth-order valence-corrected chi connectivity index (χ4v) is 5.65. The van der Waals surface area contributed by atoms with Crippen molar-refractivity contribution >= 4 is 17.6 Å². The van der Waals surface area contributed by atoms with Crippen molar-refractivity contribution in [2.45, 2.75) is 88.6 Å². The Morgan fingerprint density at radius 1 is 0.976 bits per heavy atom. The molecule has 15 heteroatoms. The first-order chi connectivity index (χ1) is 19.5. The van der Waals surface area contributed by atoms with Gasteiger partial charge in [0.1, 0.15) is 0 Å². The first-order valence-corrected chi connectivity index (χ1v) is 14.0. The van der Waals surface area contributed by atoms with E-state index in [2.05, 4.69) is 20.6 Å². The maximum atomic E-state index is 13.9. The number of rotatable bonds is 9. The van der Waals surface area contributed by atoms with Gasteiger partial charge in [-0.05, 0) is 50.0 Å². The number of nitrogens with one attached hydrogen (secondary N) is 2. The fourth-order valence-electron chi connectivity index (χ4n) is 5.65. The summed E-state index contributed by atoms with van der Waals surface area (Å²) in [7, 11) is 0. The van der Waals surface area contributed by atoms with Crippen LogP contribution >= 0.6 is 0 Å². The predicted molar refractivity (Wildman–Crippen MR) is 132 cm³/mol. The lowest BCUT2D eigenvalue weighted by atomic mass is 9.81. The molecule has 3 aliphatic rings. The minimum Gasteiger partial charge on any atom is -0.347 e. The number of hydrogen-bond donors (Lipinski definition) is 2. The van der Waals surface area contributed by atoms with Crippen molar-refractivity contribution < 1.29 is 44.7 Å². The molecule has 2 N–H and O–H groups in total. The van der Waals surface area contributed by atoms with Crippen LogP contribution in [0.1, 0.15) is 81.8 Å². The summed E-state index contributed by atoms with van der Waals surface area (Å²) in [4.78, 5) is 34.2. The van der Waals surface area contributed by atoms with Gasteiger partial charge in [0.05, 0.1) is 41.2 Å². The Kier molecular flexibility index (Phi) is 7.92. The summed E-state index contributed by atoms with van der Waals surface area (Å²) >= 11 is 0. The van der Waals surface area contributed by atoms with Gasteiger partial charge in [0, 0.05) is 31.7 Å². The number of halogens is 8. The maximum absolute atomic E-state index is 13.9. The molecule has 2 amide bonds. The molecule has 3 fully saturated rings. The molecule has 2 unspecified atom stereocenters. The number of fused-ring (bicyclic) bond motifs is 1. The van der Waals surface area contributed by atoms with Crippen LogP contribution in [0.5, 0.6) is 0 Å². The van der Waals surface area contributed by atoms with Crippen molar-refractivity contribution in [3.05, 3.63) is 29.8 Å². The lowest BCUT2D eigenvalue weighted by Gasteiger charge is -2.33. The summed E-state index contributed by atoms with van der Waals surface area (Å²) in [5.41, 5.74) is 0.623. The standard InChI is InChI=1S/C27H31F8N5O2/c1-13(26(30,31)32)10-20(41)38-21(14-2-3-14)18-6-9-40-12-19(37-24(40)36-18)22(15-4-7-25(28,29)8-5-15)39-23(42)16-11-17(16)27(33,34)35/h6,9,12-17,21-22H,2-5,7-8,10-11H2,1H3,(H,38,41)(H,39,42)/t13?,16-,17-,21?,22+/m1/s1. The molecule has 3 aliphatic carbocycles. The van der Waals surface area contributed by atoms with Crippen LogP contribution in [0, 0.1) is 29.6 Å². The van der Waals surface area contributed by atoms with Crippen LogP contribution in [0.15, 0.2) is 18.5 Å². The number of alkyl halides is 8. The van der Waals surface area contributed by atoms with Gasteiger partial charge in [-0.3, -0.25) is 14.0 Å². The Morgan fingerprint density at radius 3 is 2.14 bits per heavy atom. The SMILES string of the molecule is CC(CC(=O)NC(c1ccn2cc([C@@H](NC(=O)[C@@H]3C[C@H]3C(F)(F)F)C3CCC(F)(F)CC3)nc2n1)C1CC1)C(F)(F)F. The lowest BCUT2D eigenvalue weighted by Crippen LogP contribution is -2.38. The molecule has 7 nitrogen and oxygen atoms in total. The zero-order chi connectivity index (χ0) is 30.6. The summed E-state index contributed by atoms with van der Waals surface area (Å²) in [6.45, 7) is 0.928. The molecule has 0 bridgehead atoms. The first kappa shape index (κ1) is 30.5. The van der Waals surface area contributed by atoms with E-state index >= 15 is 0 Å². The molecule has 42 heavy (non-hydrogen) atoms. The van der Waals surface area contributed by atoms with Crippen LogP contribution in [0.2, 0.25) is 0 Å². The number of amides is 2. The first-order valence-electron chi connectivity index (χ1n) is 14.0. The molecule has 2 aromatic rings. The zero-order valence-electron chi connectivity index (χ0n) is 22.6. The number of nitrogens with zero attached hydrogens (tertiary/aromatic N) is 3. The highest BCUT2D eigenvalue weighted by Gasteiger charge is 2.59. The second-order valence-corrected chi connectivity index (χ2v) is 11.9. The van der Waals surface area contributed by atoms with Crippen molar-refractivity contribution in [1.29, 1.82) is 0 Å². The Bertz CT molecular complexity index is 1310. The minimum absolute atomic E-state index is 0.0180. The summed E-state index contributed by atoms with van der Waals surface area (Å²) in [5.74, 6) is -9.63. The molecule has 0 aromatic carbocycles. The monoisotopic (exact) mass is 609 g/mol. The highest BCUT2D eigenvalue weighted by atomic mass is 19.4. The average molecular weight is 610 g/mol. The molecule has 0 aliphatic heterocycles. The highest BCUT2D eigenvalue weighted by molar-refractivity contribution is 5.82. The normalized spacial score (nSPS) is 25.1. The van der Waals surface area contributed by atoms with E-state index < -0.39 is 85.1 Å². The zero-order valence-corrected chi connectivity index (χ0v) is 22.6. The second-order valence-electron chi connectivity index (χ2n) is 11.9. The molecule has 2 heterocycles. The van der Waals surface area contributed by atoms with Crippen molar-refractivity contribution in [2.24, 2.45) is 29.6 Å². The van der Waals surface area contributed by atoms with Gasteiger partial charge in [-0.1, -0.05) is 6.92 Å². The molecule has 2 aromatic heterocycles. The predicted octanol–water partition coefficient (Wildman–Crippen LogP) is 6.07. The van der Waals surface area contributed by atoms with Crippen LogP contribution in [0.4, 0.5) is 35.1 Å². The third-order valence-electron chi connectivity index (χ3n) is 8.54. The largest absolute Gasteiger partial charge is 0.392 e. The van der Waals surface area contributed by atoms with Crippen molar-refractivity contribution in [2.75, 3.05) is 0 Å². The van der Waals surface area contributed by atoms with Crippen molar-refractivity contribution in [3.8, 4) is 0 Å². The molecule has 5 atom stereocenters. The van der Waals surface area contributed by atoms with Gasteiger partial charge in [-0.25, -0.2) is 18.7 Å². The van der Waals surface area contributed by atoms with E-state index in [-0.39, 0.29) is 36.7 Å².